The molecule has 12 heteroatoms. The summed E-state index contributed by atoms with van der Waals surface area (Å²) in [6, 6.07) is 12.5. The zero-order chi connectivity index (χ0) is 30.6. The lowest BCUT2D eigenvalue weighted by Gasteiger charge is -2.35. The van der Waals surface area contributed by atoms with Gasteiger partial charge >= 0.3 is 0 Å². The molecule has 226 valence electrons. The lowest BCUT2D eigenvalue weighted by atomic mass is 9.71. The summed E-state index contributed by atoms with van der Waals surface area (Å²) in [5, 5.41) is 14.4. The topological polar surface area (TPSA) is 109 Å². The third kappa shape index (κ3) is 5.92. The summed E-state index contributed by atoms with van der Waals surface area (Å²) < 4.78 is 68.6. The van der Waals surface area contributed by atoms with E-state index in [4.69, 9.17) is 5.10 Å². The number of sulfone groups is 1. The van der Waals surface area contributed by atoms with Crippen LogP contribution in [0.1, 0.15) is 55.8 Å². The Morgan fingerprint density at radius 2 is 1.79 bits per heavy atom. The molecule has 0 unspecified atom stereocenters. The van der Waals surface area contributed by atoms with E-state index in [1.54, 1.807) is 4.68 Å². The van der Waals surface area contributed by atoms with Crippen molar-refractivity contribution in [2.24, 2.45) is 11.3 Å². The maximum atomic E-state index is 14.8. The molecule has 1 aliphatic heterocycles. The smallest absolute Gasteiger partial charge is 0.248 e. The van der Waals surface area contributed by atoms with Crippen molar-refractivity contribution in [1.29, 1.82) is 5.26 Å². The maximum Gasteiger partial charge on any atom is 0.248 e. The summed E-state index contributed by atoms with van der Waals surface area (Å²) in [7, 11) is -3.04. The number of Topliss-reactive ketones (excluding diaryl/α,β-unsaturated/α-hetero) is 1. The van der Waals surface area contributed by atoms with Crippen molar-refractivity contribution in [2.75, 3.05) is 29.5 Å². The average molecular weight is 612 g/mol. The number of benzene rings is 1. The van der Waals surface area contributed by atoms with E-state index in [2.05, 4.69) is 11.1 Å². The van der Waals surface area contributed by atoms with E-state index in [1.807, 2.05) is 36.1 Å². The van der Waals surface area contributed by atoms with E-state index in [0.29, 0.717) is 48.7 Å². The first-order valence-electron chi connectivity index (χ1n) is 14.5. The molecule has 3 aliphatic rings. The fourth-order valence-corrected chi connectivity index (χ4v) is 7.61. The Labute approximate surface area is 248 Å². The van der Waals surface area contributed by atoms with Crippen LogP contribution >= 0.6 is 0 Å². The summed E-state index contributed by atoms with van der Waals surface area (Å²) in [6.07, 6.45) is 1.27. The molecule has 1 saturated heterocycles. The van der Waals surface area contributed by atoms with Gasteiger partial charge in [0.15, 0.2) is 15.7 Å². The molecule has 3 fully saturated rings. The second-order valence-electron chi connectivity index (χ2n) is 12.1. The predicted molar refractivity (Wildman–Crippen MR) is 154 cm³/mol. The van der Waals surface area contributed by atoms with E-state index in [0.717, 1.165) is 17.4 Å². The van der Waals surface area contributed by atoms with Gasteiger partial charge in [-0.25, -0.2) is 31.3 Å². The Balaban J connectivity index is 1.41. The van der Waals surface area contributed by atoms with Crippen molar-refractivity contribution >= 4 is 21.3 Å². The van der Waals surface area contributed by atoms with Gasteiger partial charge in [-0.2, -0.15) is 10.4 Å². The molecule has 2 atom stereocenters. The molecule has 0 spiro atoms. The summed E-state index contributed by atoms with van der Waals surface area (Å²) >= 11 is 0. The van der Waals surface area contributed by atoms with Gasteiger partial charge in [-0.05, 0) is 56.0 Å². The molecule has 3 aromatic rings. The quantitative estimate of drug-likeness (QED) is 0.352. The highest BCUT2D eigenvalue weighted by Gasteiger charge is 2.51. The van der Waals surface area contributed by atoms with Gasteiger partial charge in [-0.1, -0.05) is 12.1 Å². The normalized spacial score (nSPS) is 23.8. The monoisotopic (exact) mass is 611 g/mol. The van der Waals surface area contributed by atoms with Crippen LogP contribution < -0.4 is 4.90 Å². The number of rotatable bonds is 7. The van der Waals surface area contributed by atoms with Crippen LogP contribution in [0.15, 0.2) is 42.6 Å². The van der Waals surface area contributed by atoms with Gasteiger partial charge in [0.05, 0.1) is 40.6 Å². The van der Waals surface area contributed by atoms with E-state index < -0.39 is 45.2 Å². The van der Waals surface area contributed by atoms with E-state index >= 15 is 0 Å². The maximum absolute atomic E-state index is 14.8. The van der Waals surface area contributed by atoms with E-state index in [-0.39, 0.29) is 36.6 Å². The van der Waals surface area contributed by atoms with Gasteiger partial charge in [0.2, 0.25) is 5.92 Å². The van der Waals surface area contributed by atoms with Crippen LogP contribution in [0, 0.1) is 35.4 Å². The van der Waals surface area contributed by atoms with Gasteiger partial charge in [0, 0.05) is 55.4 Å². The Bertz CT molecular complexity index is 1680. The largest absolute Gasteiger partial charge is 0.369 e. The van der Waals surface area contributed by atoms with Crippen molar-refractivity contribution < 1.29 is 26.4 Å². The molecule has 2 aliphatic carbocycles. The number of hydrogen-bond acceptors (Lipinski definition) is 7. The second-order valence-corrected chi connectivity index (χ2v) is 14.4. The molecule has 2 aromatic heterocycles. The van der Waals surface area contributed by atoms with Gasteiger partial charge < -0.3 is 4.90 Å². The molecule has 6 rings (SSSR count). The van der Waals surface area contributed by atoms with Crippen LogP contribution in [-0.2, 0) is 14.6 Å². The zero-order valence-corrected chi connectivity index (χ0v) is 24.6. The highest BCUT2D eigenvalue weighted by atomic mass is 32.2. The van der Waals surface area contributed by atoms with Crippen molar-refractivity contribution in [1.82, 2.24) is 14.8 Å². The third-order valence-electron chi connectivity index (χ3n) is 9.13. The Hall–Kier alpha value is -3.72. The first kappa shape index (κ1) is 29.4. The first-order valence-corrected chi connectivity index (χ1v) is 16.3. The van der Waals surface area contributed by atoms with Crippen LogP contribution in [0.5, 0.6) is 0 Å². The van der Waals surface area contributed by atoms with E-state index in [9.17, 15) is 31.6 Å². The third-order valence-corrected chi connectivity index (χ3v) is 10.7. The Morgan fingerprint density at radius 3 is 2.40 bits per heavy atom. The molecule has 0 amide bonds. The van der Waals surface area contributed by atoms with Crippen LogP contribution in [0.3, 0.4) is 0 Å². The lowest BCUT2D eigenvalue weighted by Crippen LogP contribution is -2.40. The van der Waals surface area contributed by atoms with Crippen molar-refractivity contribution in [3.05, 3.63) is 59.8 Å². The zero-order valence-electron chi connectivity index (χ0n) is 23.8. The Kier molecular flexibility index (Phi) is 7.35. The minimum atomic E-state index is -3.04. The summed E-state index contributed by atoms with van der Waals surface area (Å²) in [5.74, 6) is -4.94. The van der Waals surface area contributed by atoms with Crippen LogP contribution in [0.25, 0.3) is 16.9 Å². The minimum Gasteiger partial charge on any atom is -0.369 e. The first-order chi connectivity index (χ1) is 20.4. The number of ketones is 1. The standard InChI is InChI=1S/C31H32F3N5O3S/c1-20-28(21-2-5-23(6-3-21)38-12-14-43(41,42)15-13-38)29(37-39(20)27-7-4-22(32)18-36-27)24-8-9-31(33,34)16-25(24)26(40)17-30(19-35)10-11-30/h2-7,18,24-25H,8-17H2,1H3/t24-,25-/m1/s1. The Morgan fingerprint density at radius 1 is 1.09 bits per heavy atom. The number of hydrogen-bond donors (Lipinski definition) is 0. The highest BCUT2D eigenvalue weighted by molar-refractivity contribution is 7.91. The summed E-state index contributed by atoms with van der Waals surface area (Å²) in [5.41, 5.74) is 2.71. The molecule has 43 heavy (non-hydrogen) atoms. The summed E-state index contributed by atoms with van der Waals surface area (Å²) in [6.45, 7) is 2.61. The molecule has 8 nitrogen and oxygen atoms in total. The van der Waals surface area contributed by atoms with Crippen LogP contribution in [0.2, 0.25) is 0 Å². The predicted octanol–water partition coefficient (Wildman–Crippen LogP) is 5.40. The number of carbonyl (C=O) groups excluding carboxylic acids is 1. The molecule has 2 saturated carbocycles. The average Bonchev–Trinajstić information content (AvgIpc) is 3.67. The fraction of sp³-hybridized carbons (Fsp3) is 0.484. The molecule has 1 aromatic carbocycles. The number of nitriles is 1. The molecule has 0 radical (unpaired) electrons. The SMILES string of the molecule is Cc1c(-c2ccc(N3CCS(=O)(=O)CC3)cc2)c([C@@H]2CCC(F)(F)C[C@H]2C(=O)CC2(C#N)CC2)nn1-c1ccc(F)cn1. The summed E-state index contributed by atoms with van der Waals surface area (Å²) in [4.78, 5) is 19.8. The minimum absolute atomic E-state index is 0.0452. The number of anilines is 1. The number of pyridine rings is 1. The number of alkyl halides is 2. The number of nitrogens with zero attached hydrogens (tertiary/aromatic N) is 5. The molecular formula is C31H32F3N5O3S. The molecule has 3 heterocycles. The van der Waals surface area contributed by atoms with Gasteiger partial charge in [-0.15, -0.1) is 0 Å². The van der Waals surface area contributed by atoms with Gasteiger partial charge in [0.25, 0.3) is 0 Å². The van der Waals surface area contributed by atoms with Crippen molar-refractivity contribution in [3.63, 3.8) is 0 Å². The van der Waals surface area contributed by atoms with Crippen molar-refractivity contribution in [2.45, 2.75) is 57.3 Å². The number of aromatic nitrogens is 3. The van der Waals surface area contributed by atoms with Gasteiger partial charge in [0.1, 0.15) is 11.6 Å². The van der Waals surface area contributed by atoms with Crippen LogP contribution in [-0.4, -0.2) is 59.5 Å². The lowest BCUT2D eigenvalue weighted by molar-refractivity contribution is -0.132. The number of halogens is 3. The molecule has 0 N–H and O–H groups in total. The second kappa shape index (κ2) is 10.8. The van der Waals surface area contributed by atoms with Gasteiger partial charge in [-0.3, -0.25) is 4.79 Å². The molecular weight excluding hydrogens is 579 g/mol. The van der Waals surface area contributed by atoms with Crippen molar-refractivity contribution in [3.8, 4) is 23.0 Å². The highest BCUT2D eigenvalue weighted by Crippen LogP contribution is 2.53. The fourth-order valence-electron chi connectivity index (χ4n) is 6.41. The number of carbonyl (C=O) groups is 1. The van der Waals surface area contributed by atoms with Crippen LogP contribution in [0.4, 0.5) is 18.9 Å². The molecule has 0 bridgehead atoms. The van der Waals surface area contributed by atoms with E-state index in [1.165, 1.54) is 12.1 Å².